The summed E-state index contributed by atoms with van der Waals surface area (Å²) in [6.07, 6.45) is 0.218. The topological polar surface area (TPSA) is 37.3 Å². The van der Waals surface area contributed by atoms with Crippen LogP contribution in [-0.4, -0.2) is 11.1 Å². The minimum Gasteiger partial charge on any atom is -0.481 e. The predicted octanol–water partition coefficient (Wildman–Crippen LogP) is 2.63. The summed E-state index contributed by atoms with van der Waals surface area (Å²) in [5.41, 5.74) is 1.14. The summed E-state index contributed by atoms with van der Waals surface area (Å²) in [6, 6.07) is 2.05. The fraction of sp³-hybridized carbons (Fsp3) is 0.444. The largest absolute Gasteiger partial charge is 0.481 e. The third kappa shape index (κ3) is 2.34. The van der Waals surface area contributed by atoms with Gasteiger partial charge in [0.2, 0.25) is 0 Å². The highest BCUT2D eigenvalue weighted by molar-refractivity contribution is 7.10. The van der Waals surface area contributed by atoms with E-state index in [1.165, 1.54) is 4.88 Å². The van der Waals surface area contributed by atoms with Crippen LogP contribution in [-0.2, 0) is 4.79 Å². The van der Waals surface area contributed by atoms with Crippen molar-refractivity contribution in [2.75, 3.05) is 0 Å². The van der Waals surface area contributed by atoms with Crippen molar-refractivity contribution in [3.8, 4) is 0 Å². The first-order valence-electron chi connectivity index (χ1n) is 3.86. The maximum absolute atomic E-state index is 10.4. The third-order valence-corrected chi connectivity index (χ3v) is 2.68. The Hall–Kier alpha value is -0.830. The molecule has 0 amide bonds. The Kier molecular flexibility index (Phi) is 2.87. The summed E-state index contributed by atoms with van der Waals surface area (Å²) in [4.78, 5) is 11.6. The number of hydrogen-bond acceptors (Lipinski definition) is 2. The molecule has 1 aromatic rings. The van der Waals surface area contributed by atoms with Gasteiger partial charge in [0.05, 0.1) is 6.42 Å². The van der Waals surface area contributed by atoms with Crippen LogP contribution in [0.15, 0.2) is 11.4 Å². The van der Waals surface area contributed by atoms with Crippen LogP contribution in [0.5, 0.6) is 0 Å². The molecule has 1 unspecified atom stereocenters. The monoisotopic (exact) mass is 184 g/mol. The third-order valence-electron chi connectivity index (χ3n) is 1.80. The van der Waals surface area contributed by atoms with Crippen LogP contribution in [0.2, 0.25) is 0 Å². The number of thiophene rings is 1. The lowest BCUT2D eigenvalue weighted by atomic mass is 10.0. The normalized spacial score (nSPS) is 12.8. The minimum absolute atomic E-state index is 0.132. The Morgan fingerprint density at radius 3 is 2.83 bits per heavy atom. The number of rotatable bonds is 3. The van der Waals surface area contributed by atoms with Gasteiger partial charge < -0.3 is 5.11 Å². The van der Waals surface area contributed by atoms with E-state index in [4.69, 9.17) is 5.11 Å². The fourth-order valence-corrected chi connectivity index (χ4v) is 1.93. The average molecular weight is 184 g/mol. The lowest BCUT2D eigenvalue weighted by Gasteiger charge is -2.04. The molecule has 1 N–H and O–H groups in total. The molecule has 0 bridgehead atoms. The van der Waals surface area contributed by atoms with Gasteiger partial charge in [-0.1, -0.05) is 6.92 Å². The van der Waals surface area contributed by atoms with Crippen molar-refractivity contribution in [2.45, 2.75) is 26.2 Å². The van der Waals surface area contributed by atoms with Crippen molar-refractivity contribution < 1.29 is 9.90 Å². The molecule has 0 aliphatic rings. The maximum Gasteiger partial charge on any atom is 0.303 e. The quantitative estimate of drug-likeness (QED) is 0.784. The van der Waals surface area contributed by atoms with Crippen molar-refractivity contribution in [1.29, 1.82) is 0 Å². The summed E-state index contributed by atoms with van der Waals surface area (Å²) < 4.78 is 0. The number of carboxylic acids is 1. The summed E-state index contributed by atoms with van der Waals surface area (Å²) >= 11 is 1.67. The second-order valence-corrected chi connectivity index (χ2v) is 4.10. The molecule has 3 heteroatoms. The van der Waals surface area contributed by atoms with Crippen LogP contribution >= 0.6 is 11.3 Å². The van der Waals surface area contributed by atoms with Crippen molar-refractivity contribution in [1.82, 2.24) is 0 Å². The Morgan fingerprint density at radius 2 is 2.42 bits per heavy atom. The standard InChI is InChI=1S/C9H12O2S/c1-6(3-9(10)11)8-4-7(2)12-5-8/h4-6H,3H2,1-2H3,(H,10,11). The van der Waals surface area contributed by atoms with Crippen molar-refractivity contribution in [2.24, 2.45) is 0 Å². The minimum atomic E-state index is -0.730. The highest BCUT2D eigenvalue weighted by atomic mass is 32.1. The molecule has 1 rings (SSSR count). The summed E-state index contributed by atoms with van der Waals surface area (Å²) in [5, 5.41) is 10.6. The second kappa shape index (κ2) is 3.72. The van der Waals surface area contributed by atoms with Gasteiger partial charge >= 0.3 is 5.97 Å². The van der Waals surface area contributed by atoms with Gasteiger partial charge in [0.15, 0.2) is 0 Å². The summed E-state index contributed by atoms with van der Waals surface area (Å²) in [6.45, 7) is 3.97. The molecule has 1 aromatic heterocycles. The van der Waals surface area contributed by atoms with Gasteiger partial charge in [0.1, 0.15) is 0 Å². The molecule has 0 fully saturated rings. The Labute approximate surface area is 75.9 Å². The van der Waals surface area contributed by atoms with E-state index in [0.717, 1.165) is 5.56 Å². The molecule has 12 heavy (non-hydrogen) atoms. The van der Waals surface area contributed by atoms with Crippen molar-refractivity contribution in [3.63, 3.8) is 0 Å². The van der Waals surface area contributed by atoms with Crippen LogP contribution in [0.3, 0.4) is 0 Å². The van der Waals surface area contributed by atoms with Crippen molar-refractivity contribution >= 4 is 17.3 Å². The van der Waals surface area contributed by atoms with E-state index in [-0.39, 0.29) is 12.3 Å². The van der Waals surface area contributed by atoms with E-state index in [0.29, 0.717) is 0 Å². The van der Waals surface area contributed by atoms with Crippen LogP contribution in [0, 0.1) is 6.92 Å². The molecule has 2 nitrogen and oxygen atoms in total. The number of aryl methyl sites for hydroxylation is 1. The van der Waals surface area contributed by atoms with Crippen LogP contribution in [0.4, 0.5) is 0 Å². The molecule has 0 aliphatic carbocycles. The van der Waals surface area contributed by atoms with Gasteiger partial charge in [0.25, 0.3) is 0 Å². The number of aliphatic carboxylic acids is 1. The molecule has 0 aliphatic heterocycles. The highest BCUT2D eigenvalue weighted by Crippen LogP contribution is 2.23. The van der Waals surface area contributed by atoms with Gasteiger partial charge in [0, 0.05) is 4.88 Å². The zero-order valence-electron chi connectivity index (χ0n) is 7.20. The molecule has 0 saturated carbocycles. The van der Waals surface area contributed by atoms with E-state index in [1.807, 2.05) is 19.2 Å². The van der Waals surface area contributed by atoms with Crippen LogP contribution < -0.4 is 0 Å². The SMILES string of the molecule is Cc1cc(C(C)CC(=O)O)cs1. The highest BCUT2D eigenvalue weighted by Gasteiger charge is 2.10. The molecular formula is C9H12O2S. The summed E-state index contributed by atoms with van der Waals surface area (Å²) in [5.74, 6) is -0.598. The van der Waals surface area contributed by atoms with Crippen LogP contribution in [0.1, 0.15) is 29.7 Å². The smallest absolute Gasteiger partial charge is 0.303 e. The molecule has 66 valence electrons. The van der Waals surface area contributed by atoms with E-state index < -0.39 is 5.97 Å². The Morgan fingerprint density at radius 1 is 1.75 bits per heavy atom. The van der Waals surface area contributed by atoms with Gasteiger partial charge in [-0.2, -0.15) is 0 Å². The second-order valence-electron chi connectivity index (χ2n) is 2.99. The fourth-order valence-electron chi connectivity index (χ4n) is 1.10. The lowest BCUT2D eigenvalue weighted by Crippen LogP contribution is -2.01. The van der Waals surface area contributed by atoms with E-state index in [2.05, 4.69) is 6.07 Å². The first-order valence-corrected chi connectivity index (χ1v) is 4.74. The Balaban J connectivity index is 2.64. The summed E-state index contributed by atoms with van der Waals surface area (Å²) in [7, 11) is 0. The molecule has 0 radical (unpaired) electrons. The van der Waals surface area contributed by atoms with Gasteiger partial charge in [-0.15, -0.1) is 11.3 Å². The molecule has 0 aromatic carbocycles. The predicted molar refractivity (Wildman–Crippen MR) is 49.7 cm³/mol. The lowest BCUT2D eigenvalue weighted by molar-refractivity contribution is -0.137. The molecular weight excluding hydrogens is 172 g/mol. The van der Waals surface area contributed by atoms with E-state index in [9.17, 15) is 4.79 Å². The van der Waals surface area contributed by atoms with Crippen molar-refractivity contribution in [3.05, 3.63) is 21.9 Å². The molecule has 1 atom stereocenters. The number of carbonyl (C=O) groups is 1. The maximum atomic E-state index is 10.4. The van der Waals surface area contributed by atoms with Gasteiger partial charge in [-0.05, 0) is 29.9 Å². The number of carboxylic acid groups (broad SMARTS) is 1. The molecule has 0 saturated heterocycles. The zero-order valence-corrected chi connectivity index (χ0v) is 8.02. The molecule has 0 spiro atoms. The molecule has 1 heterocycles. The zero-order chi connectivity index (χ0) is 9.14. The van der Waals surface area contributed by atoms with E-state index >= 15 is 0 Å². The first kappa shape index (κ1) is 9.26. The average Bonchev–Trinajstić information content (AvgIpc) is 2.34. The van der Waals surface area contributed by atoms with Crippen LogP contribution in [0.25, 0.3) is 0 Å². The van der Waals surface area contributed by atoms with Gasteiger partial charge in [-0.25, -0.2) is 0 Å². The van der Waals surface area contributed by atoms with E-state index in [1.54, 1.807) is 11.3 Å². The van der Waals surface area contributed by atoms with Gasteiger partial charge in [-0.3, -0.25) is 4.79 Å². The number of hydrogen-bond donors (Lipinski definition) is 1. The Bertz CT molecular complexity index is 278. The first-order chi connectivity index (χ1) is 5.59.